The maximum atomic E-state index is 9.24. The van der Waals surface area contributed by atoms with Gasteiger partial charge in [-0.2, -0.15) is 0 Å². The molecule has 0 aliphatic heterocycles. The molecule has 1 unspecified atom stereocenters. The van der Waals surface area contributed by atoms with E-state index in [1.807, 2.05) is 12.1 Å². The molecule has 0 amide bonds. The van der Waals surface area contributed by atoms with E-state index in [1.54, 1.807) is 12.1 Å². The van der Waals surface area contributed by atoms with Crippen LogP contribution in [0, 0.1) is 3.57 Å². The number of nitrogens with one attached hydrogen (secondary N) is 1. The van der Waals surface area contributed by atoms with Crippen molar-refractivity contribution in [2.24, 2.45) is 0 Å². The lowest BCUT2D eigenvalue weighted by Crippen LogP contribution is -2.15. The monoisotopic (exact) mass is 367 g/mol. The fraction of sp³-hybridized carbons (Fsp3) is 0.250. The zero-order chi connectivity index (χ0) is 13.7. The molecule has 0 aliphatic carbocycles. The lowest BCUT2D eigenvalue weighted by Gasteiger charge is -2.15. The minimum Gasteiger partial charge on any atom is -0.508 e. The minimum atomic E-state index is 0.328. The van der Waals surface area contributed by atoms with Crippen molar-refractivity contribution in [3.63, 3.8) is 0 Å². The van der Waals surface area contributed by atoms with E-state index < -0.39 is 0 Å². The molecule has 1 atom stereocenters. The topological polar surface area (TPSA) is 32.3 Å². The Labute approximate surface area is 128 Å². The largest absolute Gasteiger partial charge is 0.508 e. The van der Waals surface area contributed by atoms with E-state index in [1.165, 1.54) is 14.8 Å². The number of aromatic hydroxyl groups is 1. The lowest BCUT2D eigenvalue weighted by atomic mass is 10.1. The summed E-state index contributed by atoms with van der Waals surface area (Å²) < 4.78 is 1.24. The number of anilines is 1. The Hall–Kier alpha value is -1.23. The van der Waals surface area contributed by atoms with Gasteiger partial charge in [-0.25, -0.2) is 0 Å². The van der Waals surface area contributed by atoms with Gasteiger partial charge in [0.15, 0.2) is 0 Å². The Morgan fingerprint density at radius 3 is 2.58 bits per heavy atom. The van der Waals surface area contributed by atoms with Gasteiger partial charge < -0.3 is 10.4 Å². The predicted octanol–water partition coefficient (Wildman–Crippen LogP) is 4.43. The molecule has 0 fully saturated rings. The van der Waals surface area contributed by atoms with E-state index in [0.717, 1.165) is 12.8 Å². The molecule has 2 N–H and O–H groups in total. The lowest BCUT2D eigenvalue weighted by molar-refractivity contribution is 0.475. The molecule has 0 heterocycles. The van der Waals surface area contributed by atoms with Crippen LogP contribution < -0.4 is 5.32 Å². The first-order valence-corrected chi connectivity index (χ1v) is 7.51. The number of hydrogen-bond acceptors (Lipinski definition) is 2. The molecule has 2 aromatic carbocycles. The normalized spacial score (nSPS) is 12.1. The van der Waals surface area contributed by atoms with Gasteiger partial charge in [0.1, 0.15) is 5.75 Å². The van der Waals surface area contributed by atoms with Crippen molar-refractivity contribution in [2.45, 2.75) is 25.8 Å². The van der Waals surface area contributed by atoms with Crippen molar-refractivity contribution >= 4 is 28.3 Å². The number of halogens is 1. The fourth-order valence-corrected chi connectivity index (χ4v) is 2.52. The van der Waals surface area contributed by atoms with Crippen LogP contribution >= 0.6 is 22.6 Å². The van der Waals surface area contributed by atoms with Crippen LogP contribution in [0.5, 0.6) is 5.75 Å². The van der Waals surface area contributed by atoms with E-state index in [9.17, 15) is 5.11 Å². The second-order valence-corrected chi connectivity index (χ2v) is 6.01. The van der Waals surface area contributed by atoms with Crippen molar-refractivity contribution in [1.82, 2.24) is 0 Å². The molecule has 19 heavy (non-hydrogen) atoms. The highest BCUT2D eigenvalue weighted by Gasteiger charge is 2.03. The average Bonchev–Trinajstić information content (AvgIpc) is 2.38. The Bertz CT molecular complexity index is 525. The summed E-state index contributed by atoms with van der Waals surface area (Å²) in [5.41, 5.74) is 2.43. The molecule has 3 heteroatoms. The van der Waals surface area contributed by atoms with E-state index in [-0.39, 0.29) is 0 Å². The average molecular weight is 367 g/mol. The van der Waals surface area contributed by atoms with Gasteiger partial charge in [0, 0.05) is 15.3 Å². The standard InChI is InChI=1S/C16H18INO/c1-12(18-15-4-2-3-14(17)11-15)5-6-13-7-9-16(19)10-8-13/h2-4,7-12,18-19H,5-6H2,1H3. The SMILES string of the molecule is CC(CCc1ccc(O)cc1)Nc1cccc(I)c1. The van der Waals surface area contributed by atoms with Gasteiger partial charge in [-0.1, -0.05) is 18.2 Å². The molecule has 2 aromatic rings. The maximum Gasteiger partial charge on any atom is 0.115 e. The molecular weight excluding hydrogens is 349 g/mol. The summed E-state index contributed by atoms with van der Waals surface area (Å²) >= 11 is 2.32. The van der Waals surface area contributed by atoms with Crippen molar-refractivity contribution in [2.75, 3.05) is 5.32 Å². The second-order valence-electron chi connectivity index (χ2n) is 4.76. The number of benzene rings is 2. The summed E-state index contributed by atoms with van der Waals surface area (Å²) in [7, 11) is 0. The first-order chi connectivity index (χ1) is 9.13. The molecule has 2 rings (SSSR count). The molecule has 0 bridgehead atoms. The number of hydrogen-bond donors (Lipinski definition) is 2. The number of phenols is 1. The fourth-order valence-electron chi connectivity index (χ4n) is 1.98. The highest BCUT2D eigenvalue weighted by Crippen LogP contribution is 2.16. The van der Waals surface area contributed by atoms with Crippen LogP contribution in [-0.2, 0) is 6.42 Å². The number of rotatable bonds is 5. The molecule has 0 aliphatic rings. The molecule has 0 saturated heterocycles. The molecule has 0 radical (unpaired) electrons. The third-order valence-corrected chi connectivity index (χ3v) is 3.71. The Morgan fingerprint density at radius 2 is 1.89 bits per heavy atom. The first kappa shape index (κ1) is 14.2. The predicted molar refractivity (Wildman–Crippen MR) is 88.7 cm³/mol. The van der Waals surface area contributed by atoms with Crippen LogP contribution in [0.25, 0.3) is 0 Å². The van der Waals surface area contributed by atoms with Crippen molar-refractivity contribution in [3.05, 3.63) is 57.7 Å². The summed E-state index contributed by atoms with van der Waals surface area (Å²) in [6, 6.07) is 16.3. The van der Waals surface area contributed by atoms with Gasteiger partial charge in [0.25, 0.3) is 0 Å². The quantitative estimate of drug-likeness (QED) is 0.767. The van der Waals surface area contributed by atoms with E-state index in [0.29, 0.717) is 11.8 Å². The maximum absolute atomic E-state index is 9.24. The molecule has 2 nitrogen and oxygen atoms in total. The summed E-state index contributed by atoms with van der Waals surface area (Å²) in [4.78, 5) is 0. The van der Waals surface area contributed by atoms with E-state index in [4.69, 9.17) is 0 Å². The minimum absolute atomic E-state index is 0.328. The van der Waals surface area contributed by atoms with Gasteiger partial charge in [-0.3, -0.25) is 0 Å². The summed E-state index contributed by atoms with van der Waals surface area (Å²) in [5.74, 6) is 0.328. The van der Waals surface area contributed by atoms with Crippen LogP contribution in [0.1, 0.15) is 18.9 Å². The van der Waals surface area contributed by atoms with Crippen LogP contribution in [-0.4, -0.2) is 11.1 Å². The van der Waals surface area contributed by atoms with Crippen LogP contribution in [0.2, 0.25) is 0 Å². The summed E-state index contributed by atoms with van der Waals surface area (Å²) in [6.07, 6.45) is 2.08. The molecular formula is C16H18INO. The van der Waals surface area contributed by atoms with Crippen molar-refractivity contribution in [3.8, 4) is 5.75 Å². The Morgan fingerprint density at radius 1 is 1.16 bits per heavy atom. The van der Waals surface area contributed by atoms with Gasteiger partial charge in [0.05, 0.1) is 0 Å². The third kappa shape index (κ3) is 4.74. The molecule has 0 aromatic heterocycles. The third-order valence-electron chi connectivity index (χ3n) is 3.04. The van der Waals surface area contributed by atoms with Gasteiger partial charge in [0.2, 0.25) is 0 Å². The highest BCUT2D eigenvalue weighted by atomic mass is 127. The molecule has 100 valence electrons. The zero-order valence-corrected chi connectivity index (χ0v) is 13.1. The van der Waals surface area contributed by atoms with Gasteiger partial charge in [-0.15, -0.1) is 0 Å². The smallest absolute Gasteiger partial charge is 0.115 e. The van der Waals surface area contributed by atoms with E-state index >= 15 is 0 Å². The van der Waals surface area contributed by atoms with Crippen LogP contribution in [0.3, 0.4) is 0 Å². The van der Waals surface area contributed by atoms with Crippen LogP contribution in [0.15, 0.2) is 48.5 Å². The van der Waals surface area contributed by atoms with Crippen LogP contribution in [0.4, 0.5) is 5.69 Å². The van der Waals surface area contributed by atoms with Crippen molar-refractivity contribution in [1.29, 1.82) is 0 Å². The first-order valence-electron chi connectivity index (χ1n) is 6.43. The number of aryl methyl sites for hydroxylation is 1. The highest BCUT2D eigenvalue weighted by molar-refractivity contribution is 14.1. The van der Waals surface area contributed by atoms with Gasteiger partial charge in [-0.05, 0) is 78.3 Å². The summed E-state index contributed by atoms with van der Waals surface area (Å²) in [6.45, 7) is 2.19. The number of phenolic OH excluding ortho intramolecular Hbond substituents is 1. The molecule has 0 spiro atoms. The zero-order valence-electron chi connectivity index (χ0n) is 10.9. The van der Waals surface area contributed by atoms with Gasteiger partial charge >= 0.3 is 0 Å². The Kier molecular flexibility index (Phi) is 5.07. The summed E-state index contributed by atoms with van der Waals surface area (Å²) in [5, 5.41) is 12.8. The van der Waals surface area contributed by atoms with Crippen molar-refractivity contribution < 1.29 is 5.11 Å². The molecule has 0 saturated carbocycles. The Balaban J connectivity index is 1.84. The van der Waals surface area contributed by atoms with E-state index in [2.05, 4.69) is 59.1 Å². The second kappa shape index (κ2) is 6.80.